The molecule has 1 amide bonds. The summed E-state index contributed by atoms with van der Waals surface area (Å²) in [5.41, 5.74) is 4.47. The molecule has 0 heterocycles. The fraction of sp³-hybridized carbons (Fsp3) is 0.333. The van der Waals surface area contributed by atoms with Gasteiger partial charge in [-0.05, 0) is 53.8 Å². The van der Waals surface area contributed by atoms with Crippen LogP contribution in [0.25, 0.3) is 0 Å². The predicted octanol–water partition coefficient (Wildman–Crippen LogP) is 3.75. The molecule has 2 aromatic rings. The van der Waals surface area contributed by atoms with E-state index >= 15 is 0 Å². The molecule has 0 spiro atoms. The van der Waals surface area contributed by atoms with Gasteiger partial charge in [0.05, 0.1) is 20.4 Å². The second-order valence-electron chi connectivity index (χ2n) is 6.07. The summed E-state index contributed by atoms with van der Waals surface area (Å²) in [4.78, 5) is 11.9. The van der Waals surface area contributed by atoms with Crippen molar-refractivity contribution in [3.63, 3.8) is 0 Å². The Bertz CT molecular complexity index is 772. The number of methoxy groups -OCH3 is 2. The van der Waals surface area contributed by atoms with Crippen LogP contribution in [0.15, 0.2) is 47.6 Å². The molecule has 27 heavy (non-hydrogen) atoms. The molecule has 0 fully saturated rings. The molecule has 0 aliphatic carbocycles. The fourth-order valence-electron chi connectivity index (χ4n) is 2.42. The average molecular weight is 370 g/mol. The standard InChI is InChI=1S/C21H26N2O4/c1-5-15(2)17-7-9-18(10-8-17)27-14-21(24)23-22-13-16-6-11-19(25-3)20(12-16)26-4/h6-13,15H,5,14H2,1-4H3,(H,23,24)/b22-13-/t15-/m0/s1. The second kappa shape index (κ2) is 10.2. The van der Waals surface area contributed by atoms with E-state index in [1.165, 1.54) is 11.8 Å². The van der Waals surface area contributed by atoms with Gasteiger partial charge in [0.15, 0.2) is 18.1 Å². The van der Waals surface area contributed by atoms with Crippen molar-refractivity contribution in [2.24, 2.45) is 5.10 Å². The Kier molecular flexibility index (Phi) is 7.67. The summed E-state index contributed by atoms with van der Waals surface area (Å²) in [7, 11) is 3.14. The van der Waals surface area contributed by atoms with Crippen molar-refractivity contribution in [1.29, 1.82) is 0 Å². The Morgan fingerprint density at radius 1 is 1.11 bits per heavy atom. The molecule has 0 aromatic heterocycles. The van der Waals surface area contributed by atoms with Gasteiger partial charge in [0, 0.05) is 0 Å². The molecular weight excluding hydrogens is 344 g/mol. The van der Waals surface area contributed by atoms with E-state index < -0.39 is 0 Å². The lowest BCUT2D eigenvalue weighted by atomic mass is 9.99. The highest BCUT2D eigenvalue weighted by Gasteiger charge is 2.05. The number of carbonyl (C=O) groups is 1. The van der Waals surface area contributed by atoms with Crippen LogP contribution in [0.3, 0.4) is 0 Å². The number of ether oxygens (including phenoxy) is 3. The van der Waals surface area contributed by atoms with E-state index in [0.29, 0.717) is 23.2 Å². The van der Waals surface area contributed by atoms with E-state index in [1.54, 1.807) is 26.4 Å². The molecule has 1 N–H and O–H groups in total. The zero-order valence-electron chi connectivity index (χ0n) is 16.2. The topological polar surface area (TPSA) is 69.2 Å². The summed E-state index contributed by atoms with van der Waals surface area (Å²) >= 11 is 0. The highest BCUT2D eigenvalue weighted by molar-refractivity contribution is 5.83. The van der Waals surface area contributed by atoms with Crippen molar-refractivity contribution >= 4 is 12.1 Å². The zero-order chi connectivity index (χ0) is 19.6. The molecule has 2 rings (SSSR count). The van der Waals surface area contributed by atoms with Gasteiger partial charge >= 0.3 is 0 Å². The van der Waals surface area contributed by atoms with Gasteiger partial charge in [-0.2, -0.15) is 5.10 Å². The number of rotatable bonds is 9. The van der Waals surface area contributed by atoms with Crippen LogP contribution in [0.2, 0.25) is 0 Å². The van der Waals surface area contributed by atoms with Gasteiger partial charge in [0.1, 0.15) is 5.75 Å². The van der Waals surface area contributed by atoms with E-state index in [-0.39, 0.29) is 12.5 Å². The average Bonchev–Trinajstić information content (AvgIpc) is 2.71. The SMILES string of the molecule is CC[C@H](C)c1ccc(OCC(=O)N/N=C\c2ccc(OC)c(OC)c2)cc1. The molecule has 0 radical (unpaired) electrons. The van der Waals surface area contributed by atoms with Crippen molar-refractivity contribution < 1.29 is 19.0 Å². The zero-order valence-corrected chi connectivity index (χ0v) is 16.2. The molecule has 0 aliphatic heterocycles. The maximum Gasteiger partial charge on any atom is 0.277 e. The molecular formula is C21H26N2O4. The number of carbonyl (C=O) groups excluding carboxylic acids is 1. The number of amides is 1. The van der Waals surface area contributed by atoms with Gasteiger partial charge in [0.2, 0.25) is 0 Å². The predicted molar refractivity (Wildman–Crippen MR) is 106 cm³/mol. The van der Waals surface area contributed by atoms with Gasteiger partial charge < -0.3 is 14.2 Å². The highest BCUT2D eigenvalue weighted by atomic mass is 16.5. The largest absolute Gasteiger partial charge is 0.493 e. The maximum absolute atomic E-state index is 11.9. The summed E-state index contributed by atoms with van der Waals surface area (Å²) in [6, 6.07) is 13.2. The second-order valence-corrected chi connectivity index (χ2v) is 6.07. The van der Waals surface area contributed by atoms with Crippen LogP contribution < -0.4 is 19.6 Å². The lowest BCUT2D eigenvalue weighted by Gasteiger charge is -2.10. The minimum absolute atomic E-state index is 0.105. The molecule has 0 saturated heterocycles. The third kappa shape index (κ3) is 6.02. The monoisotopic (exact) mass is 370 g/mol. The lowest BCUT2D eigenvalue weighted by Crippen LogP contribution is -2.24. The first-order valence-corrected chi connectivity index (χ1v) is 8.84. The molecule has 1 atom stereocenters. The normalized spacial score (nSPS) is 11.9. The van der Waals surface area contributed by atoms with Crippen LogP contribution in [-0.4, -0.2) is 32.9 Å². The minimum Gasteiger partial charge on any atom is -0.493 e. The van der Waals surface area contributed by atoms with Crippen LogP contribution in [0.1, 0.15) is 37.3 Å². The molecule has 6 heteroatoms. The van der Waals surface area contributed by atoms with Crippen molar-refractivity contribution in [3.05, 3.63) is 53.6 Å². The molecule has 144 valence electrons. The molecule has 0 unspecified atom stereocenters. The molecule has 6 nitrogen and oxygen atoms in total. The van der Waals surface area contributed by atoms with E-state index in [9.17, 15) is 4.79 Å². The van der Waals surface area contributed by atoms with Gasteiger partial charge in [-0.1, -0.05) is 26.0 Å². The smallest absolute Gasteiger partial charge is 0.277 e. The number of hydrogen-bond donors (Lipinski definition) is 1. The van der Waals surface area contributed by atoms with Crippen molar-refractivity contribution in [1.82, 2.24) is 5.43 Å². The van der Waals surface area contributed by atoms with Gasteiger partial charge in [-0.3, -0.25) is 4.79 Å². The van der Waals surface area contributed by atoms with Gasteiger partial charge in [-0.25, -0.2) is 5.43 Å². The van der Waals surface area contributed by atoms with Crippen LogP contribution in [0.5, 0.6) is 17.2 Å². The summed E-state index contributed by atoms with van der Waals surface area (Å²) in [5.74, 6) is 2.05. The van der Waals surface area contributed by atoms with E-state index in [4.69, 9.17) is 14.2 Å². The minimum atomic E-state index is -0.335. The highest BCUT2D eigenvalue weighted by Crippen LogP contribution is 2.26. The van der Waals surface area contributed by atoms with Crippen LogP contribution in [-0.2, 0) is 4.79 Å². The number of nitrogens with one attached hydrogen (secondary N) is 1. The van der Waals surface area contributed by atoms with Crippen molar-refractivity contribution in [2.45, 2.75) is 26.2 Å². The van der Waals surface area contributed by atoms with Crippen molar-refractivity contribution in [2.75, 3.05) is 20.8 Å². The maximum atomic E-state index is 11.9. The van der Waals surface area contributed by atoms with E-state index in [1.807, 2.05) is 30.3 Å². The Labute approximate surface area is 160 Å². The molecule has 0 saturated carbocycles. The summed E-state index contributed by atoms with van der Waals surface area (Å²) in [6.07, 6.45) is 2.61. The Balaban J connectivity index is 1.83. The Hall–Kier alpha value is -3.02. The first kappa shape index (κ1) is 20.3. The Morgan fingerprint density at radius 2 is 1.81 bits per heavy atom. The fourth-order valence-corrected chi connectivity index (χ4v) is 2.42. The molecule has 2 aromatic carbocycles. The van der Waals surface area contributed by atoms with Crippen LogP contribution >= 0.6 is 0 Å². The van der Waals surface area contributed by atoms with Gasteiger partial charge in [-0.15, -0.1) is 0 Å². The van der Waals surface area contributed by atoms with Gasteiger partial charge in [0.25, 0.3) is 5.91 Å². The van der Waals surface area contributed by atoms with Crippen LogP contribution in [0, 0.1) is 0 Å². The summed E-state index contributed by atoms with van der Waals surface area (Å²) in [6.45, 7) is 4.23. The number of benzene rings is 2. The molecule has 0 aliphatic rings. The summed E-state index contributed by atoms with van der Waals surface area (Å²) in [5, 5.41) is 3.93. The number of hydrazone groups is 1. The first-order valence-electron chi connectivity index (χ1n) is 8.84. The van der Waals surface area contributed by atoms with E-state index in [0.717, 1.165) is 12.0 Å². The van der Waals surface area contributed by atoms with Crippen molar-refractivity contribution in [3.8, 4) is 17.2 Å². The summed E-state index contributed by atoms with van der Waals surface area (Å²) < 4.78 is 15.9. The Morgan fingerprint density at radius 3 is 2.44 bits per heavy atom. The lowest BCUT2D eigenvalue weighted by molar-refractivity contribution is -0.123. The quantitative estimate of drug-likeness (QED) is 0.539. The van der Waals surface area contributed by atoms with Crippen LogP contribution in [0.4, 0.5) is 0 Å². The number of nitrogens with zero attached hydrogens (tertiary/aromatic N) is 1. The first-order chi connectivity index (χ1) is 13.1. The third-order valence-electron chi connectivity index (χ3n) is 4.24. The third-order valence-corrected chi connectivity index (χ3v) is 4.24. The number of hydrogen-bond acceptors (Lipinski definition) is 5. The van der Waals surface area contributed by atoms with E-state index in [2.05, 4.69) is 24.4 Å². The molecule has 0 bridgehead atoms.